The monoisotopic (exact) mass is 325 g/mol. The number of hydrogen-bond donors (Lipinski definition) is 1. The predicted molar refractivity (Wildman–Crippen MR) is 90.4 cm³/mol. The fraction of sp³-hybridized carbons (Fsp3) is 0.167. The van der Waals surface area contributed by atoms with Crippen molar-refractivity contribution in [2.45, 2.75) is 19.8 Å². The summed E-state index contributed by atoms with van der Waals surface area (Å²) in [5.41, 5.74) is 1.94. The van der Waals surface area contributed by atoms with Gasteiger partial charge in [-0.15, -0.1) is 0 Å². The number of anilines is 2. The summed E-state index contributed by atoms with van der Waals surface area (Å²) in [6.45, 7) is 1.94. The maximum absolute atomic E-state index is 13.6. The predicted octanol–water partition coefficient (Wildman–Crippen LogP) is 3.26. The molecule has 0 unspecified atom stereocenters. The summed E-state index contributed by atoms with van der Waals surface area (Å²) in [5.74, 6) is -1.21. The lowest BCUT2D eigenvalue weighted by Gasteiger charge is -2.23. The fourth-order valence-corrected chi connectivity index (χ4v) is 2.36. The highest BCUT2D eigenvalue weighted by Crippen LogP contribution is 2.21. The van der Waals surface area contributed by atoms with Crippen molar-refractivity contribution in [2.75, 3.05) is 10.3 Å². The van der Waals surface area contributed by atoms with E-state index in [0.717, 1.165) is 5.56 Å². The first-order valence-corrected chi connectivity index (χ1v) is 7.57. The number of carbonyl (C=O) groups excluding carboxylic acids is 2. The second-order valence-corrected chi connectivity index (χ2v) is 5.52. The number of carbonyl (C=O) groups is 2. The van der Waals surface area contributed by atoms with Crippen LogP contribution in [0.15, 0.2) is 53.6 Å². The van der Waals surface area contributed by atoms with Crippen LogP contribution in [-0.2, 0) is 9.59 Å². The van der Waals surface area contributed by atoms with Crippen molar-refractivity contribution in [3.05, 3.63) is 59.9 Å². The number of nitrogens with one attached hydrogen (secondary N) is 1. The molecular weight excluding hydrogens is 309 g/mol. The minimum absolute atomic E-state index is 0.0870. The van der Waals surface area contributed by atoms with Gasteiger partial charge in [0.05, 0.1) is 11.4 Å². The molecule has 0 fully saturated rings. The van der Waals surface area contributed by atoms with E-state index < -0.39 is 11.7 Å². The highest BCUT2D eigenvalue weighted by atomic mass is 19.1. The van der Waals surface area contributed by atoms with Gasteiger partial charge in [-0.25, -0.2) is 9.40 Å². The van der Waals surface area contributed by atoms with Gasteiger partial charge in [-0.2, -0.15) is 5.10 Å². The number of halogens is 1. The molecule has 1 N–H and O–H groups in total. The Morgan fingerprint density at radius 2 is 1.83 bits per heavy atom. The highest BCUT2D eigenvalue weighted by Gasteiger charge is 2.25. The van der Waals surface area contributed by atoms with Crippen LogP contribution < -0.4 is 10.3 Å². The summed E-state index contributed by atoms with van der Waals surface area (Å²) in [7, 11) is 0. The van der Waals surface area contributed by atoms with Gasteiger partial charge in [0.15, 0.2) is 0 Å². The number of rotatable bonds is 3. The number of aryl methyl sites for hydroxylation is 1. The average molecular weight is 325 g/mol. The maximum Gasteiger partial charge on any atom is 0.271 e. The Bertz CT molecular complexity index is 815. The summed E-state index contributed by atoms with van der Waals surface area (Å²) in [6, 6.07) is 13.2. The molecule has 2 aromatic rings. The van der Waals surface area contributed by atoms with Crippen molar-refractivity contribution in [2.24, 2.45) is 5.10 Å². The second kappa shape index (κ2) is 6.62. The molecule has 0 saturated heterocycles. The smallest absolute Gasteiger partial charge is 0.271 e. The molecule has 0 saturated carbocycles. The van der Waals surface area contributed by atoms with E-state index in [1.54, 1.807) is 24.3 Å². The highest BCUT2D eigenvalue weighted by molar-refractivity contribution is 6.44. The Kier molecular flexibility index (Phi) is 4.37. The molecule has 6 heteroatoms. The van der Waals surface area contributed by atoms with E-state index in [0.29, 0.717) is 5.69 Å². The summed E-state index contributed by atoms with van der Waals surface area (Å²) in [6.07, 6.45) is 0.402. The van der Waals surface area contributed by atoms with Crippen LogP contribution in [0.4, 0.5) is 15.8 Å². The van der Waals surface area contributed by atoms with E-state index in [-0.39, 0.29) is 30.1 Å². The van der Waals surface area contributed by atoms with Crippen LogP contribution in [0, 0.1) is 12.7 Å². The Hall–Kier alpha value is -3.02. The first-order chi connectivity index (χ1) is 11.5. The van der Waals surface area contributed by atoms with Crippen LogP contribution in [0.3, 0.4) is 0 Å². The lowest BCUT2D eigenvalue weighted by atomic mass is 10.1. The molecule has 0 atom stereocenters. The quantitative estimate of drug-likeness (QED) is 0.941. The number of benzene rings is 2. The molecule has 1 heterocycles. The third kappa shape index (κ3) is 3.32. The number of nitrogens with zero attached hydrogens (tertiary/aromatic N) is 2. The van der Waals surface area contributed by atoms with Crippen molar-refractivity contribution in [1.29, 1.82) is 0 Å². The number of amides is 2. The van der Waals surface area contributed by atoms with Crippen molar-refractivity contribution in [1.82, 2.24) is 0 Å². The van der Waals surface area contributed by atoms with Crippen LogP contribution in [0.25, 0.3) is 0 Å². The fourth-order valence-electron chi connectivity index (χ4n) is 2.36. The van der Waals surface area contributed by atoms with Gasteiger partial charge < -0.3 is 5.32 Å². The zero-order chi connectivity index (χ0) is 17.1. The third-order valence-corrected chi connectivity index (χ3v) is 3.70. The molecular formula is C18H16FN3O2. The van der Waals surface area contributed by atoms with Gasteiger partial charge >= 0.3 is 0 Å². The molecule has 5 nitrogen and oxygen atoms in total. The van der Waals surface area contributed by atoms with Crippen LogP contribution in [-0.4, -0.2) is 17.5 Å². The van der Waals surface area contributed by atoms with E-state index in [2.05, 4.69) is 10.4 Å². The Balaban J connectivity index is 1.83. The summed E-state index contributed by atoms with van der Waals surface area (Å²) in [4.78, 5) is 24.4. The molecule has 0 aromatic heterocycles. The van der Waals surface area contributed by atoms with Crippen molar-refractivity contribution in [3.63, 3.8) is 0 Å². The van der Waals surface area contributed by atoms with Crippen LogP contribution in [0.1, 0.15) is 18.4 Å². The van der Waals surface area contributed by atoms with Gasteiger partial charge in [-0.1, -0.05) is 29.8 Å². The van der Waals surface area contributed by atoms with Crippen LogP contribution >= 0.6 is 0 Å². The Morgan fingerprint density at radius 3 is 2.54 bits per heavy atom. The van der Waals surface area contributed by atoms with E-state index >= 15 is 0 Å². The molecule has 24 heavy (non-hydrogen) atoms. The molecule has 2 aromatic carbocycles. The van der Waals surface area contributed by atoms with E-state index in [9.17, 15) is 14.0 Å². The third-order valence-electron chi connectivity index (χ3n) is 3.70. The van der Waals surface area contributed by atoms with Gasteiger partial charge in [-0.05, 0) is 31.2 Å². The maximum atomic E-state index is 13.6. The van der Waals surface area contributed by atoms with Gasteiger partial charge in [0, 0.05) is 12.8 Å². The summed E-state index contributed by atoms with van der Waals surface area (Å²) in [5, 5.41) is 7.87. The lowest BCUT2D eigenvalue weighted by Crippen LogP contribution is -2.36. The molecule has 122 valence electrons. The van der Waals surface area contributed by atoms with Crippen LogP contribution in [0.2, 0.25) is 0 Å². The molecule has 1 aliphatic heterocycles. The Labute approximate surface area is 138 Å². The minimum Gasteiger partial charge on any atom is -0.318 e. The first-order valence-electron chi connectivity index (χ1n) is 7.57. The zero-order valence-electron chi connectivity index (χ0n) is 13.1. The van der Waals surface area contributed by atoms with Gasteiger partial charge in [0.1, 0.15) is 11.5 Å². The first kappa shape index (κ1) is 15.9. The van der Waals surface area contributed by atoms with E-state index in [4.69, 9.17) is 0 Å². The van der Waals surface area contributed by atoms with E-state index in [1.165, 1.54) is 17.1 Å². The number of hydrogen-bond acceptors (Lipinski definition) is 3. The van der Waals surface area contributed by atoms with Gasteiger partial charge in [-0.3, -0.25) is 9.59 Å². The lowest BCUT2D eigenvalue weighted by molar-refractivity contribution is -0.118. The SMILES string of the molecule is Cc1ccc(N2N=C(C(=O)Nc3ccccc3F)CCC2=O)cc1. The Morgan fingerprint density at radius 1 is 1.12 bits per heavy atom. The molecule has 0 radical (unpaired) electrons. The van der Waals surface area contributed by atoms with Crippen LogP contribution in [0.5, 0.6) is 0 Å². The largest absolute Gasteiger partial charge is 0.318 e. The van der Waals surface area contributed by atoms with Crippen molar-refractivity contribution < 1.29 is 14.0 Å². The van der Waals surface area contributed by atoms with E-state index in [1.807, 2.05) is 19.1 Å². The molecule has 0 bridgehead atoms. The van der Waals surface area contributed by atoms with Gasteiger partial charge in [0.2, 0.25) is 5.91 Å². The number of hydrazone groups is 1. The standard InChI is InChI=1S/C18H16FN3O2/c1-12-6-8-13(9-7-12)22-17(23)11-10-16(21-22)18(24)20-15-5-3-2-4-14(15)19/h2-9H,10-11H2,1H3,(H,20,24). The molecule has 0 aliphatic carbocycles. The molecule has 1 aliphatic rings. The average Bonchev–Trinajstić information content (AvgIpc) is 2.58. The normalized spacial score (nSPS) is 14.3. The molecule has 2 amide bonds. The van der Waals surface area contributed by atoms with Crippen molar-refractivity contribution >= 4 is 28.9 Å². The van der Waals surface area contributed by atoms with Gasteiger partial charge in [0.25, 0.3) is 5.91 Å². The molecule has 3 rings (SSSR count). The summed E-state index contributed by atoms with van der Waals surface area (Å²) >= 11 is 0. The minimum atomic E-state index is -0.520. The van der Waals surface area contributed by atoms with Crippen molar-refractivity contribution in [3.8, 4) is 0 Å². The zero-order valence-corrected chi connectivity index (χ0v) is 13.1. The second-order valence-electron chi connectivity index (χ2n) is 5.52. The number of para-hydroxylation sites is 1. The molecule has 0 spiro atoms. The summed E-state index contributed by atoms with van der Waals surface area (Å²) < 4.78 is 13.6. The topological polar surface area (TPSA) is 61.8 Å².